The van der Waals surface area contributed by atoms with E-state index in [1.54, 1.807) is 18.2 Å². The minimum atomic E-state index is -0.371. The Bertz CT molecular complexity index is 911. The van der Waals surface area contributed by atoms with Crippen molar-refractivity contribution in [2.75, 3.05) is 7.11 Å². The van der Waals surface area contributed by atoms with Gasteiger partial charge in [0.15, 0.2) is 5.75 Å². The summed E-state index contributed by atoms with van der Waals surface area (Å²) in [5.41, 5.74) is 2.35. The van der Waals surface area contributed by atoms with E-state index in [2.05, 4.69) is 15.0 Å². The average molecular weight is 308 g/mol. The molecule has 0 unspecified atom stereocenters. The van der Waals surface area contributed by atoms with Crippen molar-refractivity contribution in [3.63, 3.8) is 0 Å². The number of hydrogen-bond acceptors (Lipinski definition) is 6. The minimum absolute atomic E-state index is 0.0950. The Kier molecular flexibility index (Phi) is 3.89. The number of carbonyl (C=O) groups excluding carboxylic acids is 1. The fourth-order valence-corrected chi connectivity index (χ4v) is 2.10. The van der Waals surface area contributed by atoms with Gasteiger partial charge in [-0.2, -0.15) is 5.26 Å². The van der Waals surface area contributed by atoms with Crippen molar-refractivity contribution in [2.24, 2.45) is 0 Å². The van der Waals surface area contributed by atoms with Crippen LogP contribution in [0.4, 0.5) is 0 Å². The van der Waals surface area contributed by atoms with Crippen molar-refractivity contribution < 1.29 is 14.4 Å². The minimum Gasteiger partial charge on any atom is -0.469 e. The van der Waals surface area contributed by atoms with Gasteiger partial charge in [-0.3, -0.25) is 4.79 Å². The highest BCUT2D eigenvalue weighted by Gasteiger charge is 2.11. The number of ether oxygens (including phenoxy) is 1. The summed E-state index contributed by atoms with van der Waals surface area (Å²) in [7, 11) is 1.32. The van der Waals surface area contributed by atoms with Gasteiger partial charge in [-0.1, -0.05) is 23.0 Å². The van der Waals surface area contributed by atoms with E-state index in [-0.39, 0.29) is 12.4 Å². The van der Waals surface area contributed by atoms with Gasteiger partial charge in [0.25, 0.3) is 0 Å². The largest absolute Gasteiger partial charge is 0.469 e. The van der Waals surface area contributed by atoms with E-state index in [1.807, 2.05) is 30.3 Å². The molecule has 0 amide bonds. The third kappa shape index (κ3) is 2.96. The molecule has 7 heteroatoms. The predicted molar refractivity (Wildman–Crippen MR) is 80.4 cm³/mol. The van der Waals surface area contributed by atoms with E-state index in [0.717, 1.165) is 0 Å². The fourth-order valence-electron chi connectivity index (χ4n) is 2.10. The number of benzene rings is 2. The summed E-state index contributed by atoms with van der Waals surface area (Å²) in [5.74, 6) is -0.0402. The number of esters is 1. The highest BCUT2D eigenvalue weighted by molar-refractivity contribution is 5.74. The topological polar surface area (TPSA) is 90.0 Å². The van der Waals surface area contributed by atoms with Crippen LogP contribution < -0.4 is 4.84 Å². The second-order valence-corrected chi connectivity index (χ2v) is 4.74. The summed E-state index contributed by atoms with van der Waals surface area (Å²) in [4.78, 5) is 18.2. The maximum absolute atomic E-state index is 11.3. The van der Waals surface area contributed by atoms with E-state index < -0.39 is 0 Å². The van der Waals surface area contributed by atoms with Gasteiger partial charge in [0.2, 0.25) is 0 Å². The Balaban J connectivity index is 1.91. The molecule has 0 bridgehead atoms. The summed E-state index contributed by atoms with van der Waals surface area (Å²) in [6, 6.07) is 14.3. The van der Waals surface area contributed by atoms with Gasteiger partial charge in [0.05, 0.1) is 19.1 Å². The maximum Gasteiger partial charge on any atom is 0.309 e. The number of rotatable bonds is 4. The summed E-state index contributed by atoms with van der Waals surface area (Å²) in [6.45, 7) is 0. The van der Waals surface area contributed by atoms with Crippen molar-refractivity contribution in [1.82, 2.24) is 15.2 Å². The van der Waals surface area contributed by atoms with Crippen LogP contribution >= 0.6 is 0 Å². The molecule has 23 heavy (non-hydrogen) atoms. The number of carbonyl (C=O) groups is 1. The molecule has 3 aromatic rings. The van der Waals surface area contributed by atoms with Crippen LogP contribution in [0.2, 0.25) is 0 Å². The van der Waals surface area contributed by atoms with Crippen LogP contribution in [0.1, 0.15) is 11.1 Å². The zero-order valence-corrected chi connectivity index (χ0v) is 12.3. The lowest BCUT2D eigenvalue weighted by Gasteiger charge is -2.08. The van der Waals surface area contributed by atoms with Crippen LogP contribution in [-0.4, -0.2) is 28.2 Å². The molecule has 0 aliphatic rings. The van der Waals surface area contributed by atoms with Crippen molar-refractivity contribution in [3.05, 3.63) is 53.6 Å². The van der Waals surface area contributed by atoms with Crippen LogP contribution in [0.5, 0.6) is 5.75 Å². The molecule has 0 aliphatic carbocycles. The zero-order chi connectivity index (χ0) is 16.2. The Morgan fingerprint density at radius 2 is 2.13 bits per heavy atom. The molecule has 114 valence electrons. The molecule has 0 saturated carbocycles. The van der Waals surface area contributed by atoms with Crippen molar-refractivity contribution in [2.45, 2.75) is 6.42 Å². The quantitative estimate of drug-likeness (QED) is 0.683. The second-order valence-electron chi connectivity index (χ2n) is 4.74. The van der Waals surface area contributed by atoms with Crippen LogP contribution in [0.15, 0.2) is 42.5 Å². The molecule has 2 aromatic carbocycles. The summed E-state index contributed by atoms with van der Waals surface area (Å²) in [5, 5.41) is 17.2. The SMILES string of the molecule is COC(=O)Cc1ccc(On2nnc3ccccc32)c(C#N)c1. The summed E-state index contributed by atoms with van der Waals surface area (Å²) >= 11 is 0. The Labute approximate surface area is 131 Å². The van der Waals surface area contributed by atoms with Gasteiger partial charge in [-0.25, -0.2) is 0 Å². The molecule has 7 nitrogen and oxygen atoms in total. The highest BCUT2D eigenvalue weighted by Crippen LogP contribution is 2.21. The molecule has 0 aliphatic heterocycles. The molecular formula is C16H12N4O3. The standard InChI is InChI=1S/C16H12N4O3/c1-22-16(21)9-11-6-7-15(12(8-11)10-17)23-20-14-5-3-2-4-13(14)18-19-20/h2-8H,9H2,1H3. The number of para-hydroxylation sites is 1. The first kappa shape index (κ1) is 14.5. The first-order valence-corrected chi connectivity index (χ1v) is 6.80. The van der Waals surface area contributed by atoms with Crippen molar-refractivity contribution in [3.8, 4) is 11.8 Å². The third-order valence-electron chi connectivity index (χ3n) is 3.25. The van der Waals surface area contributed by atoms with E-state index in [4.69, 9.17) is 4.84 Å². The van der Waals surface area contributed by atoms with Crippen LogP contribution in [0, 0.1) is 11.3 Å². The molecule has 1 aromatic heterocycles. The van der Waals surface area contributed by atoms with E-state index in [1.165, 1.54) is 12.0 Å². The van der Waals surface area contributed by atoms with Gasteiger partial charge < -0.3 is 9.57 Å². The molecule has 0 saturated heterocycles. The fraction of sp³-hybridized carbons (Fsp3) is 0.125. The van der Waals surface area contributed by atoms with Gasteiger partial charge in [-0.15, -0.1) is 5.10 Å². The lowest BCUT2D eigenvalue weighted by atomic mass is 10.1. The average Bonchev–Trinajstić information content (AvgIpc) is 2.99. The van der Waals surface area contributed by atoms with Crippen molar-refractivity contribution in [1.29, 1.82) is 5.26 Å². The summed E-state index contributed by atoms with van der Waals surface area (Å²) in [6.07, 6.45) is 0.0950. The van der Waals surface area contributed by atoms with Gasteiger partial charge in [0.1, 0.15) is 17.1 Å². The third-order valence-corrected chi connectivity index (χ3v) is 3.25. The van der Waals surface area contributed by atoms with Crippen molar-refractivity contribution >= 4 is 17.0 Å². The number of hydrogen-bond donors (Lipinski definition) is 0. The van der Waals surface area contributed by atoms with E-state index >= 15 is 0 Å². The van der Waals surface area contributed by atoms with Gasteiger partial charge in [-0.05, 0) is 35.0 Å². The molecule has 0 radical (unpaired) electrons. The van der Waals surface area contributed by atoms with Crippen LogP contribution in [0.25, 0.3) is 11.0 Å². The Morgan fingerprint density at radius 3 is 2.91 bits per heavy atom. The molecule has 0 fully saturated rings. The second kappa shape index (κ2) is 6.15. The predicted octanol–water partition coefficient (Wildman–Crippen LogP) is 1.86. The van der Waals surface area contributed by atoms with Gasteiger partial charge >= 0.3 is 5.97 Å². The number of aromatic nitrogens is 3. The molecule has 1 heterocycles. The number of fused-ring (bicyclic) bond motifs is 1. The molecule has 0 spiro atoms. The number of nitriles is 1. The normalized spacial score (nSPS) is 10.3. The monoisotopic (exact) mass is 308 g/mol. The zero-order valence-electron chi connectivity index (χ0n) is 12.3. The van der Waals surface area contributed by atoms with E-state index in [9.17, 15) is 10.1 Å². The van der Waals surface area contributed by atoms with E-state index in [0.29, 0.717) is 27.9 Å². The van der Waals surface area contributed by atoms with Crippen LogP contribution in [0.3, 0.4) is 0 Å². The lowest BCUT2D eigenvalue weighted by Crippen LogP contribution is -2.09. The smallest absolute Gasteiger partial charge is 0.309 e. The molecule has 0 atom stereocenters. The van der Waals surface area contributed by atoms with Gasteiger partial charge in [0, 0.05) is 0 Å². The first-order chi connectivity index (χ1) is 11.2. The first-order valence-electron chi connectivity index (χ1n) is 6.80. The van der Waals surface area contributed by atoms with Crippen LogP contribution in [-0.2, 0) is 16.0 Å². The number of nitrogens with zero attached hydrogens (tertiary/aromatic N) is 4. The maximum atomic E-state index is 11.3. The number of methoxy groups -OCH3 is 1. The highest BCUT2D eigenvalue weighted by atomic mass is 16.7. The lowest BCUT2D eigenvalue weighted by molar-refractivity contribution is -0.139. The molecule has 3 rings (SSSR count). The Morgan fingerprint density at radius 1 is 1.30 bits per heavy atom. The Hall–Kier alpha value is -3.40. The summed E-state index contributed by atoms with van der Waals surface area (Å²) < 4.78 is 4.62. The molecular weight excluding hydrogens is 296 g/mol. The molecule has 0 N–H and O–H groups in total.